The van der Waals surface area contributed by atoms with E-state index in [2.05, 4.69) is 15.3 Å². The number of nitrogens with two attached hydrogens (primary N) is 1. The number of piperidine rings is 1. The average molecular weight is 687 g/mol. The Morgan fingerprint density at radius 2 is 1.80 bits per heavy atom. The summed E-state index contributed by atoms with van der Waals surface area (Å²) in [5.74, 6) is -0.734. The molecule has 13 heteroatoms. The van der Waals surface area contributed by atoms with Gasteiger partial charge in [-0.3, -0.25) is 19.6 Å². The predicted molar refractivity (Wildman–Crippen MR) is 181 cm³/mol. The summed E-state index contributed by atoms with van der Waals surface area (Å²) >= 11 is 0. The first-order chi connectivity index (χ1) is 23.3. The van der Waals surface area contributed by atoms with Gasteiger partial charge in [-0.2, -0.15) is 13.2 Å². The Morgan fingerprint density at radius 3 is 2.51 bits per heavy atom. The molecule has 5 rings (SSSR count). The zero-order valence-corrected chi connectivity index (χ0v) is 28.9. The lowest BCUT2D eigenvalue weighted by atomic mass is 9.84. The number of carbonyl (C=O) groups is 2. The van der Waals surface area contributed by atoms with Crippen molar-refractivity contribution >= 4 is 22.8 Å². The molecule has 49 heavy (non-hydrogen) atoms. The summed E-state index contributed by atoms with van der Waals surface area (Å²) in [7, 11) is 1.53. The fourth-order valence-electron chi connectivity index (χ4n) is 6.97. The molecule has 2 fully saturated rings. The van der Waals surface area contributed by atoms with Gasteiger partial charge in [0, 0.05) is 48.3 Å². The largest absolute Gasteiger partial charge is 0.464 e. The maximum atomic E-state index is 14.1. The van der Waals surface area contributed by atoms with Crippen LogP contribution in [0.25, 0.3) is 22.2 Å². The summed E-state index contributed by atoms with van der Waals surface area (Å²) < 4.78 is 55.0. The first-order valence-electron chi connectivity index (χ1n) is 17.1. The van der Waals surface area contributed by atoms with Gasteiger partial charge in [-0.05, 0) is 75.9 Å². The number of benzene rings is 1. The number of amides is 1. The fraction of sp³-hybridized carbons (Fsp3) is 0.583. The number of fused-ring (bicyclic) bond motifs is 1. The number of pyridine rings is 1. The maximum Gasteiger partial charge on any atom is 0.406 e. The van der Waals surface area contributed by atoms with E-state index in [-0.39, 0.29) is 12.5 Å². The van der Waals surface area contributed by atoms with Crippen molar-refractivity contribution in [3.05, 3.63) is 53.9 Å². The van der Waals surface area contributed by atoms with Gasteiger partial charge in [-0.25, -0.2) is 5.43 Å². The normalized spacial score (nSPS) is 19.2. The lowest BCUT2D eigenvalue weighted by molar-refractivity contribution is -0.155. The van der Waals surface area contributed by atoms with E-state index >= 15 is 0 Å². The van der Waals surface area contributed by atoms with Gasteiger partial charge in [0.2, 0.25) is 0 Å². The molecular weight excluding hydrogens is 637 g/mol. The van der Waals surface area contributed by atoms with Crippen molar-refractivity contribution in [2.24, 2.45) is 11.1 Å². The molecule has 1 aromatic carbocycles. The van der Waals surface area contributed by atoms with Gasteiger partial charge in [-0.1, -0.05) is 38.5 Å². The van der Waals surface area contributed by atoms with Crippen molar-refractivity contribution in [1.82, 2.24) is 24.9 Å². The minimum Gasteiger partial charge on any atom is -0.464 e. The molecule has 2 aromatic heterocycles. The third-order valence-corrected chi connectivity index (χ3v) is 9.46. The van der Waals surface area contributed by atoms with Crippen LogP contribution in [-0.4, -0.2) is 89.5 Å². The van der Waals surface area contributed by atoms with Gasteiger partial charge in [0.25, 0.3) is 5.91 Å². The Labute approximate surface area is 286 Å². The zero-order chi connectivity index (χ0) is 35.3. The van der Waals surface area contributed by atoms with Gasteiger partial charge < -0.3 is 24.7 Å². The number of para-hydroxylation sites is 1. The summed E-state index contributed by atoms with van der Waals surface area (Å²) in [4.78, 5) is 33.2. The summed E-state index contributed by atoms with van der Waals surface area (Å²) in [6.45, 7) is 7.27. The van der Waals surface area contributed by atoms with E-state index < -0.39 is 42.3 Å². The topological polar surface area (TPSA) is 115 Å². The van der Waals surface area contributed by atoms with E-state index in [0.29, 0.717) is 65.8 Å². The highest BCUT2D eigenvalue weighted by atomic mass is 19.4. The van der Waals surface area contributed by atoms with Gasteiger partial charge in [0.15, 0.2) is 0 Å². The van der Waals surface area contributed by atoms with Crippen LogP contribution in [0.5, 0.6) is 0 Å². The number of aromatic nitrogens is 2. The van der Waals surface area contributed by atoms with Gasteiger partial charge in [0.1, 0.15) is 12.6 Å². The number of methoxy groups -OCH3 is 1. The number of hydrazine groups is 1. The highest BCUT2D eigenvalue weighted by molar-refractivity contribution is 5.92. The molecule has 3 N–H and O–H groups in total. The van der Waals surface area contributed by atoms with Crippen molar-refractivity contribution < 1.29 is 32.2 Å². The minimum absolute atomic E-state index is 0.0129. The van der Waals surface area contributed by atoms with Crippen molar-refractivity contribution in [3.8, 4) is 11.3 Å². The molecule has 4 heterocycles. The molecule has 0 saturated carbocycles. The molecule has 0 unspecified atom stereocenters. The Kier molecular flexibility index (Phi) is 11.7. The number of halogens is 3. The lowest BCUT2D eigenvalue weighted by Crippen LogP contribution is -2.60. The number of carbonyl (C=O) groups excluding carboxylic acids is 2. The number of alkyl halides is 3. The maximum absolute atomic E-state index is 14.1. The average Bonchev–Trinajstić information content (AvgIpc) is 3.37. The molecule has 0 spiro atoms. The number of nitrogens with zero attached hydrogens (tertiary/aromatic N) is 4. The SMILES string of the molecule is CO[C@@H](C)c1ncccc1-c1c(CC(C)(C)COC(=O)[C@@H]2CCCN(C(=O)[C@@H](N)CN3CCCCC3)N2)c2ccccc2n1CC(F)(F)F. The summed E-state index contributed by atoms with van der Waals surface area (Å²) in [6.07, 6.45) is 1.47. The Hall–Kier alpha value is -3.52. The van der Waals surface area contributed by atoms with Gasteiger partial charge in [0.05, 0.1) is 30.1 Å². The second kappa shape index (κ2) is 15.6. The van der Waals surface area contributed by atoms with Crippen LogP contribution in [0.4, 0.5) is 13.2 Å². The van der Waals surface area contributed by atoms with Crippen LogP contribution in [0.1, 0.15) is 70.2 Å². The summed E-state index contributed by atoms with van der Waals surface area (Å²) in [6, 6.07) is 9.12. The van der Waals surface area contributed by atoms with E-state index in [0.717, 1.165) is 25.9 Å². The van der Waals surface area contributed by atoms with Crippen LogP contribution in [0, 0.1) is 5.41 Å². The highest BCUT2D eigenvalue weighted by Crippen LogP contribution is 2.41. The fourth-order valence-corrected chi connectivity index (χ4v) is 6.97. The lowest BCUT2D eigenvalue weighted by Gasteiger charge is -2.36. The van der Waals surface area contributed by atoms with E-state index in [1.165, 1.54) is 23.1 Å². The number of ether oxygens (including phenoxy) is 2. The van der Waals surface area contributed by atoms with Crippen molar-refractivity contribution in [3.63, 3.8) is 0 Å². The molecule has 2 saturated heterocycles. The second-order valence-electron chi connectivity index (χ2n) is 14.1. The molecule has 0 radical (unpaired) electrons. The van der Waals surface area contributed by atoms with Crippen molar-refractivity contribution in [2.45, 2.75) is 90.2 Å². The minimum atomic E-state index is -4.48. The molecule has 3 atom stereocenters. The molecular formula is C36H49F3N6O4. The first-order valence-corrected chi connectivity index (χ1v) is 17.1. The highest BCUT2D eigenvalue weighted by Gasteiger charge is 2.36. The number of nitrogens with one attached hydrogen (secondary N) is 1. The van der Waals surface area contributed by atoms with Crippen LogP contribution in [0.2, 0.25) is 0 Å². The monoisotopic (exact) mass is 686 g/mol. The Balaban J connectivity index is 1.35. The molecule has 268 valence electrons. The zero-order valence-electron chi connectivity index (χ0n) is 28.9. The van der Waals surface area contributed by atoms with Crippen LogP contribution >= 0.6 is 0 Å². The molecule has 3 aromatic rings. The second-order valence-corrected chi connectivity index (χ2v) is 14.1. The van der Waals surface area contributed by atoms with Gasteiger partial charge >= 0.3 is 12.1 Å². The number of hydrogen-bond acceptors (Lipinski definition) is 8. The van der Waals surface area contributed by atoms with E-state index in [9.17, 15) is 22.8 Å². The quantitative estimate of drug-likeness (QED) is 0.244. The number of esters is 1. The van der Waals surface area contributed by atoms with Crippen LogP contribution in [-0.2, 0) is 32.0 Å². The molecule has 10 nitrogen and oxygen atoms in total. The first kappa shape index (κ1) is 36.8. The van der Waals surface area contributed by atoms with Crippen molar-refractivity contribution in [2.75, 3.05) is 39.9 Å². The third kappa shape index (κ3) is 8.99. The van der Waals surface area contributed by atoms with Crippen LogP contribution < -0.4 is 11.2 Å². The Bertz CT molecular complexity index is 1600. The molecule has 1 amide bonds. The molecule has 0 aliphatic carbocycles. The van der Waals surface area contributed by atoms with E-state index in [1.54, 1.807) is 30.5 Å². The molecule has 0 bridgehead atoms. The predicted octanol–water partition coefficient (Wildman–Crippen LogP) is 5.39. The molecule has 2 aliphatic rings. The third-order valence-electron chi connectivity index (χ3n) is 9.46. The van der Waals surface area contributed by atoms with Crippen molar-refractivity contribution in [1.29, 1.82) is 0 Å². The van der Waals surface area contributed by atoms with Gasteiger partial charge in [-0.15, -0.1) is 0 Å². The summed E-state index contributed by atoms with van der Waals surface area (Å²) in [5.41, 5.74) is 11.3. The standard InChI is InChI=1S/C36H49F3N6O4/c1-24(48-4)31-26(13-10-16-41-31)32-27(25-12-6-7-15-30(25)44(32)22-36(37,38)39)20-35(2,3)23-49-34(47)29-14-11-19-45(42-29)33(46)28(40)21-43-17-8-5-9-18-43/h6-7,10,12-13,15-16,24,28-29,42H,5,8-9,11,14,17-23,40H2,1-4H3/t24-,28-,29-/m0/s1. The van der Waals surface area contributed by atoms with E-state index in [1.807, 2.05) is 32.9 Å². The number of hydrogen-bond donors (Lipinski definition) is 2. The van der Waals surface area contributed by atoms with Crippen LogP contribution in [0.3, 0.4) is 0 Å². The molecule has 2 aliphatic heterocycles. The number of rotatable bonds is 12. The summed E-state index contributed by atoms with van der Waals surface area (Å²) in [5, 5.41) is 2.13. The smallest absolute Gasteiger partial charge is 0.406 e. The van der Waals surface area contributed by atoms with Crippen LogP contribution in [0.15, 0.2) is 42.6 Å². The Morgan fingerprint density at radius 1 is 1.06 bits per heavy atom. The van der Waals surface area contributed by atoms with E-state index in [4.69, 9.17) is 15.2 Å². The number of likely N-dealkylation sites (tertiary alicyclic amines) is 1.